The number of fused-ring (bicyclic) bond motifs is 1. The largest absolute Gasteiger partial charge is 0.456 e. The number of nitrogens with zero attached hydrogens (tertiary/aromatic N) is 1. The molecule has 0 saturated heterocycles. The van der Waals surface area contributed by atoms with E-state index in [1.165, 1.54) is 0 Å². The maximum atomic E-state index is 12.5. The number of benzene rings is 1. The molecule has 1 aromatic heterocycles. The molecule has 2 rings (SSSR count). The molecule has 0 fully saturated rings. The van der Waals surface area contributed by atoms with E-state index in [0.717, 1.165) is 27.7 Å². The molecule has 0 aliphatic heterocycles. The standard InChI is InChI=1S/C28H34N2O3/c1-10-23(27(32)33-28(7,8)9)19(4)18(3)12-11-17(2)16-30-21(6)20(5)24-15-22(26(29)31)13-14-25(24)30/h10-15H,2-4,16H2,1,5-9H3,(H2,29,31)/b12-11-,23-10+. The first-order valence-corrected chi connectivity index (χ1v) is 10.8. The highest BCUT2D eigenvalue weighted by molar-refractivity contribution is 5.98. The molecule has 2 N–H and O–H groups in total. The van der Waals surface area contributed by atoms with E-state index in [-0.39, 0.29) is 0 Å². The van der Waals surface area contributed by atoms with Crippen LogP contribution in [-0.4, -0.2) is 22.0 Å². The lowest BCUT2D eigenvalue weighted by Crippen LogP contribution is -2.25. The van der Waals surface area contributed by atoms with Gasteiger partial charge < -0.3 is 15.0 Å². The number of hydrogen-bond donors (Lipinski definition) is 1. The zero-order valence-corrected chi connectivity index (χ0v) is 20.5. The summed E-state index contributed by atoms with van der Waals surface area (Å²) in [6, 6.07) is 5.47. The Morgan fingerprint density at radius 1 is 1.12 bits per heavy atom. The van der Waals surface area contributed by atoms with Crippen LogP contribution in [0.5, 0.6) is 0 Å². The lowest BCUT2D eigenvalue weighted by molar-refractivity contribution is -0.149. The number of allylic oxidation sites excluding steroid dienone is 5. The van der Waals surface area contributed by atoms with Crippen molar-refractivity contribution in [1.82, 2.24) is 4.57 Å². The van der Waals surface area contributed by atoms with E-state index in [9.17, 15) is 9.59 Å². The van der Waals surface area contributed by atoms with Crippen molar-refractivity contribution in [3.05, 3.63) is 95.3 Å². The molecule has 2 aromatic rings. The fraction of sp³-hybridized carbons (Fsp3) is 0.286. The zero-order valence-electron chi connectivity index (χ0n) is 20.5. The maximum Gasteiger partial charge on any atom is 0.338 e. The molecule has 5 heteroatoms. The maximum absolute atomic E-state index is 12.5. The third-order valence-electron chi connectivity index (χ3n) is 5.43. The SMILES string of the molecule is C=C(/C=C\C(=C)C(=C)/C(=C\C)C(=O)OC(C)(C)C)Cn1c(C)c(C)c2cc(C(N)=O)ccc21. The van der Waals surface area contributed by atoms with Crippen molar-refractivity contribution in [2.24, 2.45) is 5.73 Å². The first-order chi connectivity index (χ1) is 15.3. The Labute approximate surface area is 196 Å². The van der Waals surface area contributed by atoms with Gasteiger partial charge >= 0.3 is 5.97 Å². The van der Waals surface area contributed by atoms with Gasteiger partial charge in [0.25, 0.3) is 0 Å². The number of amides is 1. The van der Waals surface area contributed by atoms with E-state index in [1.54, 1.807) is 25.1 Å². The summed E-state index contributed by atoms with van der Waals surface area (Å²) in [6.07, 6.45) is 5.36. The minimum atomic E-state index is -0.592. The highest BCUT2D eigenvalue weighted by Crippen LogP contribution is 2.27. The van der Waals surface area contributed by atoms with Crippen LogP contribution in [0.1, 0.15) is 49.3 Å². The summed E-state index contributed by atoms with van der Waals surface area (Å²) >= 11 is 0. The second kappa shape index (κ2) is 9.90. The van der Waals surface area contributed by atoms with Crippen LogP contribution in [0.3, 0.4) is 0 Å². The summed E-state index contributed by atoms with van der Waals surface area (Å²) in [5, 5.41) is 0.994. The summed E-state index contributed by atoms with van der Waals surface area (Å²) in [7, 11) is 0. The second-order valence-corrected chi connectivity index (χ2v) is 9.09. The molecule has 0 atom stereocenters. The van der Waals surface area contributed by atoms with Crippen molar-refractivity contribution in [3.8, 4) is 0 Å². The van der Waals surface area contributed by atoms with Crippen molar-refractivity contribution in [2.45, 2.75) is 53.7 Å². The molecule has 5 nitrogen and oxygen atoms in total. The molecule has 174 valence electrons. The van der Waals surface area contributed by atoms with Crippen molar-refractivity contribution < 1.29 is 14.3 Å². The molecule has 1 aromatic carbocycles. The predicted octanol–water partition coefficient (Wildman–Crippen LogP) is 5.87. The van der Waals surface area contributed by atoms with Crippen LogP contribution in [0.15, 0.2) is 78.5 Å². The van der Waals surface area contributed by atoms with E-state index >= 15 is 0 Å². The van der Waals surface area contributed by atoms with Gasteiger partial charge in [0.2, 0.25) is 5.91 Å². The Morgan fingerprint density at radius 3 is 2.30 bits per heavy atom. The number of hydrogen-bond acceptors (Lipinski definition) is 3. The van der Waals surface area contributed by atoms with Crippen LogP contribution in [0.2, 0.25) is 0 Å². The van der Waals surface area contributed by atoms with Gasteiger partial charge in [0.1, 0.15) is 5.60 Å². The minimum Gasteiger partial charge on any atom is -0.456 e. The number of primary amides is 1. The fourth-order valence-electron chi connectivity index (χ4n) is 3.50. The topological polar surface area (TPSA) is 74.3 Å². The number of ether oxygens (including phenoxy) is 1. The van der Waals surface area contributed by atoms with Crippen LogP contribution < -0.4 is 5.73 Å². The molecule has 33 heavy (non-hydrogen) atoms. The molecule has 1 heterocycles. The van der Waals surface area contributed by atoms with Gasteiger partial charge in [-0.25, -0.2) is 4.79 Å². The van der Waals surface area contributed by atoms with E-state index in [4.69, 9.17) is 10.5 Å². The highest BCUT2D eigenvalue weighted by Gasteiger charge is 2.21. The van der Waals surface area contributed by atoms with Gasteiger partial charge in [-0.1, -0.05) is 38.0 Å². The van der Waals surface area contributed by atoms with Gasteiger partial charge in [-0.2, -0.15) is 0 Å². The summed E-state index contributed by atoms with van der Waals surface area (Å²) in [6.45, 7) is 24.1. The summed E-state index contributed by atoms with van der Waals surface area (Å²) in [5.41, 5.74) is 10.9. The summed E-state index contributed by atoms with van der Waals surface area (Å²) < 4.78 is 7.61. The fourth-order valence-corrected chi connectivity index (χ4v) is 3.50. The molecule has 1 amide bonds. The lowest BCUT2D eigenvalue weighted by atomic mass is 9.99. The van der Waals surface area contributed by atoms with Gasteiger partial charge in [-0.3, -0.25) is 4.79 Å². The van der Waals surface area contributed by atoms with Crippen LogP contribution in [0, 0.1) is 13.8 Å². The number of aromatic nitrogens is 1. The van der Waals surface area contributed by atoms with Crippen molar-refractivity contribution >= 4 is 22.8 Å². The second-order valence-electron chi connectivity index (χ2n) is 9.09. The smallest absolute Gasteiger partial charge is 0.338 e. The van der Waals surface area contributed by atoms with Crippen molar-refractivity contribution in [2.75, 3.05) is 0 Å². The van der Waals surface area contributed by atoms with Crippen molar-refractivity contribution in [1.29, 1.82) is 0 Å². The molecule has 0 bridgehead atoms. The molecular formula is C28H34N2O3. The first kappa shape index (κ1) is 25.7. The molecule has 0 aliphatic carbocycles. The number of esters is 1. The van der Waals surface area contributed by atoms with Crippen LogP contribution in [0.4, 0.5) is 0 Å². The van der Waals surface area contributed by atoms with Gasteiger partial charge in [0.05, 0.1) is 5.57 Å². The Balaban J connectivity index is 2.20. The quantitative estimate of drug-likeness (QED) is 0.313. The molecule has 0 radical (unpaired) electrons. The predicted molar refractivity (Wildman–Crippen MR) is 136 cm³/mol. The number of aryl methyl sites for hydroxylation is 1. The number of carbonyl (C=O) groups is 2. The summed E-state index contributed by atoms with van der Waals surface area (Å²) in [5.74, 6) is -0.872. The minimum absolute atomic E-state index is 0.387. The van der Waals surface area contributed by atoms with E-state index < -0.39 is 17.5 Å². The Hall–Kier alpha value is -3.60. The normalized spacial score (nSPS) is 12.2. The third-order valence-corrected chi connectivity index (χ3v) is 5.43. The molecule has 0 saturated carbocycles. The first-order valence-electron chi connectivity index (χ1n) is 10.8. The Morgan fingerprint density at radius 2 is 1.76 bits per heavy atom. The monoisotopic (exact) mass is 446 g/mol. The lowest BCUT2D eigenvalue weighted by Gasteiger charge is -2.21. The molecular weight excluding hydrogens is 412 g/mol. The number of nitrogens with two attached hydrogens (primary N) is 1. The highest BCUT2D eigenvalue weighted by atomic mass is 16.6. The van der Waals surface area contributed by atoms with Gasteiger partial charge in [0, 0.05) is 28.7 Å². The average molecular weight is 447 g/mol. The van der Waals surface area contributed by atoms with Gasteiger partial charge in [0.15, 0.2) is 0 Å². The molecule has 0 aliphatic rings. The van der Waals surface area contributed by atoms with Crippen LogP contribution in [0.25, 0.3) is 10.9 Å². The van der Waals surface area contributed by atoms with Gasteiger partial charge in [-0.15, -0.1) is 0 Å². The van der Waals surface area contributed by atoms with Crippen molar-refractivity contribution in [3.63, 3.8) is 0 Å². The summed E-state index contributed by atoms with van der Waals surface area (Å²) in [4.78, 5) is 24.0. The third kappa shape index (κ3) is 6.01. The van der Waals surface area contributed by atoms with E-state index in [0.29, 0.717) is 28.8 Å². The number of carbonyl (C=O) groups excluding carboxylic acids is 2. The van der Waals surface area contributed by atoms with E-state index in [1.807, 2.05) is 52.8 Å². The van der Waals surface area contributed by atoms with Gasteiger partial charge in [-0.05, 0) is 82.0 Å². The zero-order chi connectivity index (χ0) is 25.1. The number of rotatable bonds is 8. The average Bonchev–Trinajstić information content (AvgIpc) is 2.95. The van der Waals surface area contributed by atoms with Crippen LogP contribution >= 0.6 is 0 Å². The van der Waals surface area contributed by atoms with E-state index in [2.05, 4.69) is 24.3 Å². The Bertz CT molecular complexity index is 1210. The van der Waals surface area contributed by atoms with Crippen LogP contribution in [-0.2, 0) is 16.1 Å². The molecule has 0 unspecified atom stereocenters. The molecule has 0 spiro atoms. The Kier molecular flexibility index (Phi) is 7.70.